The molecule has 0 aliphatic carbocycles. The van der Waals surface area contributed by atoms with Crippen molar-refractivity contribution in [2.45, 2.75) is 0 Å². The molecule has 3 heteroatoms. The molecule has 1 rings (SSSR count). The topological polar surface area (TPSA) is 42.0 Å². The first kappa shape index (κ1) is 5.88. The van der Waals surface area contributed by atoms with Gasteiger partial charge in [-0.1, -0.05) is 0 Å². The molecule has 0 spiro atoms. The van der Waals surface area contributed by atoms with Crippen molar-refractivity contribution in [2.24, 2.45) is 0 Å². The smallest absolute Gasteiger partial charge is 0.223 e. The van der Waals surface area contributed by atoms with Crippen LogP contribution in [0.25, 0.3) is 0 Å². The lowest BCUT2D eigenvalue weighted by Crippen LogP contribution is -1.82. The van der Waals surface area contributed by atoms with Crippen molar-refractivity contribution in [3.63, 3.8) is 0 Å². The lowest BCUT2D eigenvalue weighted by Gasteiger charge is -1.95. The fourth-order valence-electron chi connectivity index (χ4n) is 0.521. The average molecular weight is 124 g/mol. The summed E-state index contributed by atoms with van der Waals surface area (Å²) in [5, 5.41) is 10.7. The van der Waals surface area contributed by atoms with Gasteiger partial charge in [-0.2, -0.15) is 0 Å². The van der Waals surface area contributed by atoms with Crippen LogP contribution in [0.2, 0.25) is 0 Å². The van der Waals surface area contributed by atoms with Gasteiger partial charge >= 0.3 is 0 Å². The molecule has 0 saturated carbocycles. The third kappa shape index (κ3) is 1.10. The van der Waals surface area contributed by atoms with E-state index in [1.165, 1.54) is 25.6 Å². The zero-order valence-electron chi connectivity index (χ0n) is 5.00. The molecule has 1 heterocycles. The Morgan fingerprint density at radius 2 is 2.44 bits per heavy atom. The second-order valence-electron chi connectivity index (χ2n) is 1.53. The van der Waals surface area contributed by atoms with Gasteiger partial charge in [0.15, 0.2) is 5.75 Å². The third-order valence-corrected chi connectivity index (χ3v) is 0.967. The van der Waals surface area contributed by atoms with Gasteiger partial charge in [-0.3, -0.25) is 10.1 Å². The van der Waals surface area contributed by atoms with Crippen LogP contribution in [-0.2, 0) is 5.11 Å². The molecule has 3 nitrogen and oxygen atoms in total. The van der Waals surface area contributed by atoms with Crippen LogP contribution in [0.15, 0.2) is 18.5 Å². The van der Waals surface area contributed by atoms with E-state index in [1.807, 2.05) is 0 Å². The summed E-state index contributed by atoms with van der Waals surface area (Å²) in [4.78, 5) is 3.69. The molecule has 0 fully saturated rings. The summed E-state index contributed by atoms with van der Waals surface area (Å²) in [6, 6.07) is 1.36. The molecular weight excluding hydrogens is 118 g/mol. The average Bonchev–Trinajstić information content (AvgIpc) is 1.89. The highest BCUT2D eigenvalue weighted by Crippen LogP contribution is 2.22. The summed E-state index contributed by atoms with van der Waals surface area (Å²) in [5.41, 5.74) is 0. The quantitative estimate of drug-likeness (QED) is 0.565. The number of pyridine rings is 1. The van der Waals surface area contributed by atoms with E-state index in [9.17, 15) is 5.11 Å². The number of aromatic nitrogens is 1. The van der Waals surface area contributed by atoms with Gasteiger partial charge in [0, 0.05) is 12.3 Å². The Kier molecular flexibility index (Phi) is 1.53. The number of hydrogen-bond acceptors (Lipinski definition) is 2. The Morgan fingerprint density at radius 3 is 2.89 bits per heavy atom. The van der Waals surface area contributed by atoms with Gasteiger partial charge in [0.1, 0.15) is 0 Å². The summed E-state index contributed by atoms with van der Waals surface area (Å²) in [6.45, 7) is 0. The first-order valence-corrected chi connectivity index (χ1v) is 2.49. The number of hydrogen-bond donors (Lipinski definition) is 0. The van der Waals surface area contributed by atoms with E-state index in [-0.39, 0.29) is 11.5 Å². The molecule has 1 aromatic rings. The predicted molar refractivity (Wildman–Crippen MR) is 30.9 cm³/mol. The summed E-state index contributed by atoms with van der Waals surface area (Å²) < 4.78 is 4.67. The molecule has 0 unspecified atom stereocenters. The second-order valence-corrected chi connectivity index (χ2v) is 1.53. The number of ether oxygens (including phenoxy) is 1. The molecule has 0 amide bonds. The molecule has 0 aliphatic heterocycles. The standard InChI is InChI=1S/C6H6NO2/c1-9-6-4-7-3-2-5(6)8/h2-4H,1H3. The van der Waals surface area contributed by atoms with E-state index in [0.717, 1.165) is 0 Å². The minimum absolute atomic E-state index is 0.132. The zero-order chi connectivity index (χ0) is 6.69. The Labute approximate surface area is 52.9 Å². The highest BCUT2D eigenvalue weighted by Gasteiger charge is 1.98. The highest BCUT2D eigenvalue weighted by molar-refractivity contribution is 5.34. The Balaban J connectivity index is 3.01. The molecular formula is C6H6NO2. The van der Waals surface area contributed by atoms with Crippen molar-refractivity contribution in [3.8, 4) is 11.5 Å². The monoisotopic (exact) mass is 124 g/mol. The fourth-order valence-corrected chi connectivity index (χ4v) is 0.521. The van der Waals surface area contributed by atoms with Gasteiger partial charge in [0.25, 0.3) is 0 Å². The van der Waals surface area contributed by atoms with Gasteiger partial charge in [-0.25, -0.2) is 0 Å². The van der Waals surface area contributed by atoms with Crippen molar-refractivity contribution < 1.29 is 9.84 Å². The van der Waals surface area contributed by atoms with Crippen LogP contribution in [0, 0.1) is 0 Å². The van der Waals surface area contributed by atoms with Crippen molar-refractivity contribution >= 4 is 0 Å². The molecule has 0 N–H and O–H groups in total. The van der Waals surface area contributed by atoms with E-state index in [2.05, 4.69) is 9.72 Å². The Bertz CT molecular complexity index is 200. The summed E-state index contributed by atoms with van der Waals surface area (Å²) >= 11 is 0. The minimum Gasteiger partial charge on any atom is -0.491 e. The minimum atomic E-state index is -0.132. The van der Waals surface area contributed by atoms with E-state index >= 15 is 0 Å². The Morgan fingerprint density at radius 1 is 1.67 bits per heavy atom. The van der Waals surface area contributed by atoms with Crippen LogP contribution in [-0.4, -0.2) is 12.1 Å². The number of nitrogens with zero attached hydrogens (tertiary/aromatic N) is 1. The molecule has 0 aromatic carbocycles. The number of rotatable bonds is 1. The van der Waals surface area contributed by atoms with E-state index in [4.69, 9.17) is 0 Å². The van der Waals surface area contributed by atoms with E-state index in [1.54, 1.807) is 0 Å². The predicted octanol–water partition coefficient (Wildman–Crippen LogP) is 1.23. The van der Waals surface area contributed by atoms with Crippen molar-refractivity contribution in [3.05, 3.63) is 18.5 Å². The van der Waals surface area contributed by atoms with Crippen LogP contribution in [0.3, 0.4) is 0 Å². The second kappa shape index (κ2) is 2.35. The van der Waals surface area contributed by atoms with Gasteiger partial charge in [-0.15, -0.1) is 0 Å². The molecule has 47 valence electrons. The zero-order valence-corrected chi connectivity index (χ0v) is 5.00. The fraction of sp³-hybridized carbons (Fsp3) is 0.167. The van der Waals surface area contributed by atoms with Crippen molar-refractivity contribution in [2.75, 3.05) is 7.11 Å². The van der Waals surface area contributed by atoms with Crippen LogP contribution >= 0.6 is 0 Å². The van der Waals surface area contributed by atoms with Crippen LogP contribution in [0.5, 0.6) is 11.5 Å². The normalized spacial score (nSPS) is 9.00. The van der Waals surface area contributed by atoms with Crippen LogP contribution in [0.4, 0.5) is 0 Å². The summed E-state index contributed by atoms with van der Waals surface area (Å²) in [6.07, 6.45) is 2.83. The molecule has 9 heavy (non-hydrogen) atoms. The molecule has 1 aromatic heterocycles. The molecule has 1 radical (unpaired) electrons. The van der Waals surface area contributed by atoms with Crippen molar-refractivity contribution in [1.82, 2.24) is 4.98 Å². The SMILES string of the molecule is COc1cnccc1[O]. The maximum Gasteiger partial charge on any atom is 0.223 e. The summed E-state index contributed by atoms with van der Waals surface area (Å²) in [7, 11) is 1.44. The highest BCUT2D eigenvalue weighted by atomic mass is 16.5. The van der Waals surface area contributed by atoms with Gasteiger partial charge in [-0.05, 0) is 0 Å². The lowest BCUT2D eigenvalue weighted by atomic mass is 10.4. The number of methoxy groups -OCH3 is 1. The summed E-state index contributed by atoms with van der Waals surface area (Å²) in [5.74, 6) is 0.157. The van der Waals surface area contributed by atoms with E-state index < -0.39 is 0 Å². The molecule has 0 saturated heterocycles. The van der Waals surface area contributed by atoms with Gasteiger partial charge < -0.3 is 4.74 Å². The van der Waals surface area contributed by atoms with Gasteiger partial charge in [0.2, 0.25) is 5.75 Å². The molecule has 0 atom stereocenters. The molecule has 0 aliphatic rings. The molecule has 0 bridgehead atoms. The first-order chi connectivity index (χ1) is 4.34. The van der Waals surface area contributed by atoms with E-state index in [0.29, 0.717) is 0 Å². The van der Waals surface area contributed by atoms with Crippen LogP contribution in [0.1, 0.15) is 0 Å². The lowest BCUT2D eigenvalue weighted by molar-refractivity contribution is 0.314. The maximum absolute atomic E-state index is 10.7. The van der Waals surface area contributed by atoms with Gasteiger partial charge in [0.05, 0.1) is 13.3 Å². The van der Waals surface area contributed by atoms with Crippen LogP contribution < -0.4 is 4.74 Å². The third-order valence-electron chi connectivity index (χ3n) is 0.967. The first-order valence-electron chi connectivity index (χ1n) is 2.49. The Hall–Kier alpha value is -1.25. The largest absolute Gasteiger partial charge is 0.491 e. The van der Waals surface area contributed by atoms with Crippen molar-refractivity contribution in [1.29, 1.82) is 0 Å². The maximum atomic E-state index is 10.7.